The average Bonchev–Trinajstić information content (AvgIpc) is 3.28. The molecular weight excluding hydrogens is 840 g/mol. The molecule has 0 bridgehead atoms. The van der Waals surface area contributed by atoms with Gasteiger partial charge in [0.1, 0.15) is 13.2 Å². The molecule has 0 radical (unpaired) electrons. The number of likely N-dealkylation sites (N-methyl/N-ethyl adjacent to an activating group) is 1. The Bertz CT molecular complexity index is 1130. The Morgan fingerprint density at radius 2 is 0.833 bits per heavy atom. The highest BCUT2D eigenvalue weighted by Crippen LogP contribution is 2.43. The van der Waals surface area contributed by atoms with Crippen molar-refractivity contribution in [3.05, 3.63) is 24.3 Å². The number of aliphatic hydroxyl groups excluding tert-OH is 1. The van der Waals surface area contributed by atoms with Crippen LogP contribution >= 0.6 is 7.82 Å². The largest absolute Gasteiger partial charge is 0.472 e. The van der Waals surface area contributed by atoms with E-state index in [1.54, 1.807) is 6.08 Å². The van der Waals surface area contributed by atoms with Crippen molar-refractivity contribution in [2.24, 2.45) is 0 Å². The van der Waals surface area contributed by atoms with Crippen molar-refractivity contribution in [1.29, 1.82) is 0 Å². The molecule has 0 fully saturated rings. The highest BCUT2D eigenvalue weighted by Gasteiger charge is 2.27. The number of nitrogens with one attached hydrogen (secondary N) is 1. The minimum Gasteiger partial charge on any atom is -0.387 e. The summed E-state index contributed by atoms with van der Waals surface area (Å²) in [4.78, 5) is 23.3. The normalized spacial score (nSPS) is 14.1. The zero-order valence-corrected chi connectivity index (χ0v) is 45.6. The van der Waals surface area contributed by atoms with E-state index in [1.807, 2.05) is 27.2 Å². The van der Waals surface area contributed by atoms with Gasteiger partial charge in [-0.1, -0.05) is 269 Å². The third-order valence-electron chi connectivity index (χ3n) is 13.2. The van der Waals surface area contributed by atoms with Gasteiger partial charge in [-0.2, -0.15) is 0 Å². The summed E-state index contributed by atoms with van der Waals surface area (Å²) < 4.78 is 23.7. The van der Waals surface area contributed by atoms with Crippen molar-refractivity contribution in [2.75, 3.05) is 40.9 Å². The summed E-state index contributed by atoms with van der Waals surface area (Å²) in [6.45, 7) is 4.84. The van der Waals surface area contributed by atoms with Crippen LogP contribution in [-0.2, 0) is 18.4 Å². The number of allylic oxidation sites excluding steroid dienone is 3. The topological polar surface area (TPSA) is 105 Å². The second-order valence-corrected chi connectivity index (χ2v) is 22.5. The third-order valence-corrected chi connectivity index (χ3v) is 14.2. The predicted octanol–water partition coefficient (Wildman–Crippen LogP) is 17.2. The number of phosphoric acid groups is 1. The molecule has 66 heavy (non-hydrogen) atoms. The van der Waals surface area contributed by atoms with E-state index in [-0.39, 0.29) is 19.1 Å². The fourth-order valence-corrected chi connectivity index (χ4v) is 9.38. The summed E-state index contributed by atoms with van der Waals surface area (Å²) >= 11 is 0. The Kier molecular flexibility index (Phi) is 48.2. The molecule has 0 rings (SSSR count). The SMILES string of the molecule is CCCCCCCCCCCCCC/C=C/CC/C=C/C(O)C(COP(=O)(O)OCC[N+](C)(C)C)NC(=O)CCCCCCCCCCCCCCCCCCCCCCCCCCCC. The summed E-state index contributed by atoms with van der Waals surface area (Å²) in [6, 6.07) is -0.860. The molecule has 3 atom stereocenters. The van der Waals surface area contributed by atoms with E-state index in [2.05, 4.69) is 31.3 Å². The molecule has 0 aliphatic carbocycles. The Hall–Kier alpha value is -1.02. The second kappa shape index (κ2) is 49.0. The first-order valence-electron chi connectivity index (χ1n) is 28.7. The van der Waals surface area contributed by atoms with Gasteiger partial charge in [-0.3, -0.25) is 13.8 Å². The van der Waals surface area contributed by atoms with Crippen LogP contribution in [0.4, 0.5) is 0 Å². The van der Waals surface area contributed by atoms with E-state index >= 15 is 0 Å². The van der Waals surface area contributed by atoms with Crippen LogP contribution in [0.5, 0.6) is 0 Å². The fraction of sp³-hybridized carbons (Fsp3) is 0.912. The van der Waals surface area contributed by atoms with Crippen LogP contribution in [0, 0.1) is 0 Å². The minimum atomic E-state index is -4.35. The Morgan fingerprint density at radius 1 is 0.500 bits per heavy atom. The first-order valence-corrected chi connectivity index (χ1v) is 30.2. The highest BCUT2D eigenvalue weighted by molar-refractivity contribution is 7.47. The number of quaternary nitrogens is 1. The smallest absolute Gasteiger partial charge is 0.387 e. The number of carbonyl (C=O) groups is 1. The van der Waals surface area contributed by atoms with Crippen molar-refractivity contribution in [2.45, 2.75) is 296 Å². The maximum absolute atomic E-state index is 13.0. The minimum absolute atomic E-state index is 0.0587. The first kappa shape index (κ1) is 65.0. The Balaban J connectivity index is 4.18. The van der Waals surface area contributed by atoms with Crippen LogP contribution in [0.3, 0.4) is 0 Å². The van der Waals surface area contributed by atoms with Crippen molar-refractivity contribution in [1.82, 2.24) is 5.32 Å². The van der Waals surface area contributed by atoms with Gasteiger partial charge in [0, 0.05) is 6.42 Å². The summed E-state index contributed by atoms with van der Waals surface area (Å²) in [5, 5.41) is 13.9. The number of amides is 1. The fourth-order valence-electron chi connectivity index (χ4n) is 8.65. The van der Waals surface area contributed by atoms with Gasteiger partial charge in [0.2, 0.25) is 5.91 Å². The molecule has 8 nitrogen and oxygen atoms in total. The van der Waals surface area contributed by atoms with Gasteiger partial charge in [0.05, 0.1) is 39.9 Å². The molecule has 0 saturated heterocycles. The summed E-state index contributed by atoms with van der Waals surface area (Å²) in [7, 11) is 1.57. The first-order chi connectivity index (χ1) is 32.0. The second-order valence-electron chi connectivity index (χ2n) is 21.0. The number of rotatable bonds is 53. The molecule has 0 heterocycles. The van der Waals surface area contributed by atoms with Gasteiger partial charge in [-0.05, 0) is 32.1 Å². The number of unbranched alkanes of at least 4 members (excludes halogenated alkanes) is 38. The summed E-state index contributed by atoms with van der Waals surface area (Å²) in [6.07, 6.45) is 61.4. The molecule has 0 aromatic heterocycles. The van der Waals surface area contributed by atoms with Gasteiger partial charge in [-0.15, -0.1) is 0 Å². The molecule has 3 unspecified atom stereocenters. The molecule has 3 N–H and O–H groups in total. The lowest BCUT2D eigenvalue weighted by molar-refractivity contribution is -0.870. The van der Waals surface area contributed by atoms with Crippen molar-refractivity contribution in [3.63, 3.8) is 0 Å². The molecule has 0 aliphatic heterocycles. The van der Waals surface area contributed by atoms with Crippen LogP contribution in [0.2, 0.25) is 0 Å². The van der Waals surface area contributed by atoms with E-state index in [1.165, 1.54) is 225 Å². The lowest BCUT2D eigenvalue weighted by Gasteiger charge is -2.25. The molecule has 0 aliphatic rings. The summed E-state index contributed by atoms with van der Waals surface area (Å²) in [5.74, 6) is -0.181. The maximum atomic E-state index is 13.0. The third kappa shape index (κ3) is 50.8. The van der Waals surface area contributed by atoms with E-state index in [0.29, 0.717) is 17.4 Å². The molecule has 0 aromatic rings. The van der Waals surface area contributed by atoms with Crippen LogP contribution in [0.15, 0.2) is 24.3 Å². The standard InChI is InChI=1S/C57H113N2O6P/c1-6-8-10-12-14-16-18-20-22-24-26-27-28-29-30-31-32-33-35-37-39-41-43-45-47-49-51-57(61)58-55(54-65-66(62,63)64-53-52-59(3,4)5)56(60)50-48-46-44-42-40-38-36-34-25-23-21-19-17-15-13-11-9-7-2/h40,42,48,50,55-56,60H,6-39,41,43-47,49,51-54H2,1-5H3,(H-,58,61,62,63)/p+1/b42-40+,50-48+. The van der Waals surface area contributed by atoms with E-state index in [0.717, 1.165) is 38.5 Å². The zero-order chi connectivity index (χ0) is 48.5. The predicted molar refractivity (Wildman–Crippen MR) is 286 cm³/mol. The van der Waals surface area contributed by atoms with Crippen molar-refractivity contribution < 1.29 is 32.9 Å². The number of aliphatic hydroxyl groups is 1. The quantitative estimate of drug-likeness (QED) is 0.0243. The molecule has 0 spiro atoms. The van der Waals surface area contributed by atoms with E-state index in [9.17, 15) is 19.4 Å². The molecular formula is C57H114N2O6P+. The van der Waals surface area contributed by atoms with Crippen molar-refractivity contribution >= 4 is 13.7 Å². The van der Waals surface area contributed by atoms with Gasteiger partial charge in [-0.25, -0.2) is 4.57 Å². The average molecular weight is 955 g/mol. The Morgan fingerprint density at radius 3 is 1.21 bits per heavy atom. The van der Waals surface area contributed by atoms with Crippen molar-refractivity contribution in [3.8, 4) is 0 Å². The molecule has 0 saturated carbocycles. The molecule has 0 aromatic carbocycles. The lowest BCUT2D eigenvalue weighted by Crippen LogP contribution is -2.45. The molecule has 9 heteroatoms. The van der Waals surface area contributed by atoms with Crippen LogP contribution in [0.1, 0.15) is 284 Å². The van der Waals surface area contributed by atoms with Crippen LogP contribution < -0.4 is 5.32 Å². The maximum Gasteiger partial charge on any atom is 0.472 e. The molecule has 1 amide bonds. The van der Waals surface area contributed by atoms with E-state index in [4.69, 9.17) is 9.05 Å². The molecule has 392 valence electrons. The van der Waals surface area contributed by atoms with E-state index < -0.39 is 20.0 Å². The number of phosphoric ester groups is 1. The van der Waals surface area contributed by atoms with Gasteiger partial charge < -0.3 is 19.8 Å². The van der Waals surface area contributed by atoms with Gasteiger partial charge in [0.15, 0.2) is 0 Å². The van der Waals surface area contributed by atoms with Crippen LogP contribution in [0.25, 0.3) is 0 Å². The summed E-state index contributed by atoms with van der Waals surface area (Å²) in [5.41, 5.74) is 0. The van der Waals surface area contributed by atoms with Gasteiger partial charge >= 0.3 is 7.82 Å². The zero-order valence-electron chi connectivity index (χ0n) is 44.7. The van der Waals surface area contributed by atoms with Gasteiger partial charge in [0.25, 0.3) is 0 Å². The monoisotopic (exact) mass is 954 g/mol. The number of hydrogen-bond acceptors (Lipinski definition) is 5. The van der Waals surface area contributed by atoms with Crippen LogP contribution in [-0.4, -0.2) is 73.4 Å². The number of hydrogen-bond donors (Lipinski definition) is 3. The number of carbonyl (C=O) groups excluding carboxylic acids is 1. The highest BCUT2D eigenvalue weighted by atomic mass is 31.2. The number of nitrogens with zero attached hydrogens (tertiary/aromatic N) is 1. The lowest BCUT2D eigenvalue weighted by atomic mass is 10.0. The Labute approximate surface area is 411 Å².